The summed E-state index contributed by atoms with van der Waals surface area (Å²) in [7, 11) is 0. The highest BCUT2D eigenvalue weighted by Gasteiger charge is 2.31. The molecule has 0 saturated heterocycles. The molecule has 0 aliphatic heterocycles. The smallest absolute Gasteiger partial charge is 0.304 e. The molecule has 24 heavy (non-hydrogen) atoms. The summed E-state index contributed by atoms with van der Waals surface area (Å²) in [5.41, 5.74) is -2.83. The number of aromatic amines is 2. The van der Waals surface area contributed by atoms with E-state index in [-0.39, 0.29) is 11.4 Å². The highest BCUT2D eigenvalue weighted by molar-refractivity contribution is 9.12. The van der Waals surface area contributed by atoms with Crippen molar-refractivity contribution in [3.05, 3.63) is 76.6 Å². The van der Waals surface area contributed by atoms with Gasteiger partial charge < -0.3 is 4.98 Å². The zero-order chi connectivity index (χ0) is 18.0. The van der Waals surface area contributed by atoms with Gasteiger partial charge in [-0.3, -0.25) is 30.0 Å². The van der Waals surface area contributed by atoms with E-state index in [9.17, 15) is 29.8 Å². The van der Waals surface area contributed by atoms with Gasteiger partial charge in [-0.15, -0.1) is 0 Å². The molecule has 1 aromatic heterocycles. The molecule has 2 aromatic rings. The zero-order valence-electron chi connectivity index (χ0n) is 11.6. The zero-order valence-corrected chi connectivity index (χ0v) is 14.7. The Morgan fingerprint density at radius 3 is 2.25 bits per heavy atom. The third kappa shape index (κ3) is 3.59. The lowest BCUT2D eigenvalue weighted by Crippen LogP contribution is -2.27. The Bertz CT molecular complexity index is 924. The Morgan fingerprint density at radius 2 is 1.67 bits per heavy atom. The van der Waals surface area contributed by atoms with Crippen LogP contribution in [-0.4, -0.2) is 19.8 Å². The first-order valence-electron chi connectivity index (χ1n) is 6.25. The quantitative estimate of drug-likeness (QED) is 0.394. The van der Waals surface area contributed by atoms with Crippen LogP contribution in [0, 0.1) is 20.2 Å². The number of nitro groups is 2. The van der Waals surface area contributed by atoms with Crippen molar-refractivity contribution in [1.82, 2.24) is 9.97 Å². The van der Waals surface area contributed by atoms with Crippen LogP contribution in [0.4, 0.5) is 11.4 Å². The SMILES string of the molecule is O=c1[nH]c([C@@H](Br)[C@@H](Br)c2cccc([N+](=O)[O-])c2)c([N+](=O)[O-])c(=O)[nH]1. The van der Waals surface area contributed by atoms with Crippen molar-refractivity contribution >= 4 is 43.2 Å². The maximum atomic E-state index is 11.7. The number of benzene rings is 1. The Hall–Kier alpha value is -2.34. The molecule has 0 amide bonds. The predicted octanol–water partition coefficient (Wildman–Crippen LogP) is 2.45. The van der Waals surface area contributed by atoms with E-state index < -0.39 is 36.4 Å². The van der Waals surface area contributed by atoms with E-state index in [1.165, 1.54) is 18.2 Å². The predicted molar refractivity (Wildman–Crippen MR) is 90.8 cm³/mol. The molecule has 0 aliphatic rings. The van der Waals surface area contributed by atoms with Crippen molar-refractivity contribution in [2.24, 2.45) is 0 Å². The lowest BCUT2D eigenvalue weighted by molar-refractivity contribution is -0.387. The number of alkyl halides is 2. The van der Waals surface area contributed by atoms with Crippen LogP contribution in [0.15, 0.2) is 33.9 Å². The van der Waals surface area contributed by atoms with Gasteiger partial charge in [-0.25, -0.2) is 4.79 Å². The van der Waals surface area contributed by atoms with Gasteiger partial charge in [0.15, 0.2) is 0 Å². The summed E-state index contributed by atoms with van der Waals surface area (Å²) >= 11 is 6.47. The molecule has 0 radical (unpaired) electrons. The Labute approximate surface area is 149 Å². The van der Waals surface area contributed by atoms with Gasteiger partial charge in [0.05, 0.1) is 19.5 Å². The molecule has 126 valence electrons. The molecule has 2 N–H and O–H groups in total. The fourth-order valence-corrected chi connectivity index (χ4v) is 3.19. The summed E-state index contributed by atoms with van der Waals surface area (Å²) in [5.74, 6) is 0. The number of H-pyrrole nitrogens is 2. The summed E-state index contributed by atoms with van der Waals surface area (Å²) in [5, 5.41) is 21.9. The Kier molecular flexibility index (Phi) is 5.29. The Morgan fingerprint density at radius 1 is 1.00 bits per heavy atom. The number of nitro benzene ring substituents is 1. The van der Waals surface area contributed by atoms with Crippen molar-refractivity contribution in [3.8, 4) is 0 Å². The van der Waals surface area contributed by atoms with Gasteiger partial charge in [-0.05, 0) is 5.56 Å². The largest absolute Gasteiger partial charge is 0.354 e. The first kappa shape index (κ1) is 18.0. The van der Waals surface area contributed by atoms with Gasteiger partial charge in [0, 0.05) is 12.1 Å². The monoisotopic (exact) mass is 462 g/mol. The summed E-state index contributed by atoms with van der Waals surface area (Å²) < 4.78 is 0. The number of nitrogens with one attached hydrogen (secondary N) is 2. The second-order valence-electron chi connectivity index (χ2n) is 4.58. The maximum Gasteiger partial charge on any atom is 0.354 e. The van der Waals surface area contributed by atoms with E-state index in [1.54, 1.807) is 11.1 Å². The number of hydrogen-bond donors (Lipinski definition) is 2. The maximum absolute atomic E-state index is 11.7. The summed E-state index contributed by atoms with van der Waals surface area (Å²) in [6.07, 6.45) is 0. The van der Waals surface area contributed by atoms with Gasteiger partial charge in [0.2, 0.25) is 0 Å². The van der Waals surface area contributed by atoms with Gasteiger partial charge in [-0.1, -0.05) is 44.0 Å². The van der Waals surface area contributed by atoms with Crippen molar-refractivity contribution in [1.29, 1.82) is 0 Å². The van der Waals surface area contributed by atoms with Crippen LogP contribution in [0.3, 0.4) is 0 Å². The van der Waals surface area contributed by atoms with Crippen molar-refractivity contribution in [2.45, 2.75) is 9.65 Å². The molecule has 1 heterocycles. The minimum absolute atomic E-state index is 0.162. The molecule has 10 nitrogen and oxygen atoms in total. The first-order chi connectivity index (χ1) is 11.2. The third-order valence-corrected chi connectivity index (χ3v) is 5.81. The number of aromatic nitrogens is 2. The van der Waals surface area contributed by atoms with Crippen LogP contribution < -0.4 is 11.2 Å². The molecule has 12 heteroatoms. The topological polar surface area (TPSA) is 152 Å². The highest BCUT2D eigenvalue weighted by Crippen LogP contribution is 2.43. The third-order valence-electron chi connectivity index (χ3n) is 3.06. The average Bonchev–Trinajstić information content (AvgIpc) is 2.52. The van der Waals surface area contributed by atoms with E-state index in [0.717, 1.165) is 0 Å². The number of rotatable bonds is 5. The second kappa shape index (κ2) is 7.05. The van der Waals surface area contributed by atoms with Gasteiger partial charge in [0.25, 0.3) is 5.69 Å². The lowest BCUT2D eigenvalue weighted by atomic mass is 10.1. The van der Waals surface area contributed by atoms with Crippen molar-refractivity contribution in [2.75, 3.05) is 0 Å². The van der Waals surface area contributed by atoms with Crippen molar-refractivity contribution in [3.63, 3.8) is 0 Å². The average molecular weight is 464 g/mol. The molecule has 0 bridgehead atoms. The number of hydrogen-bond acceptors (Lipinski definition) is 6. The highest BCUT2D eigenvalue weighted by atomic mass is 79.9. The van der Waals surface area contributed by atoms with E-state index in [2.05, 4.69) is 36.8 Å². The van der Waals surface area contributed by atoms with Gasteiger partial charge in [-0.2, -0.15) is 0 Å². The molecule has 1 aromatic carbocycles. The van der Waals surface area contributed by atoms with E-state index in [0.29, 0.717) is 5.56 Å². The van der Waals surface area contributed by atoms with Crippen LogP contribution >= 0.6 is 31.9 Å². The van der Waals surface area contributed by atoms with Gasteiger partial charge in [0.1, 0.15) is 5.69 Å². The standard InChI is InChI=1S/C12H8Br2N4O6/c13-7(5-2-1-3-6(4-5)17(21)22)8(14)9-10(18(23)24)11(19)16-12(20)15-9/h1-4,7-8H,(H2,15,16,19,20)/t7-,8-/m0/s1. The molecule has 0 spiro atoms. The Balaban J connectivity index is 2.52. The number of halogens is 2. The molecule has 0 unspecified atom stereocenters. The molecular weight excluding hydrogens is 456 g/mol. The van der Waals surface area contributed by atoms with E-state index in [1.807, 2.05) is 0 Å². The summed E-state index contributed by atoms with van der Waals surface area (Å²) in [6, 6.07) is 5.60. The minimum atomic E-state index is -1.14. The number of nitrogens with zero attached hydrogens (tertiary/aromatic N) is 2. The van der Waals surface area contributed by atoms with Crippen LogP contribution in [-0.2, 0) is 0 Å². The fourth-order valence-electron chi connectivity index (χ4n) is 2.00. The normalized spacial score (nSPS) is 13.2. The molecule has 0 fully saturated rings. The number of non-ortho nitro benzene ring substituents is 1. The fraction of sp³-hybridized carbons (Fsp3) is 0.167. The summed E-state index contributed by atoms with van der Waals surface area (Å²) in [4.78, 5) is 46.0. The molecular formula is C12H8Br2N4O6. The van der Waals surface area contributed by atoms with E-state index >= 15 is 0 Å². The lowest BCUT2D eigenvalue weighted by Gasteiger charge is -2.16. The van der Waals surface area contributed by atoms with Crippen LogP contribution in [0.1, 0.15) is 20.9 Å². The van der Waals surface area contributed by atoms with E-state index in [4.69, 9.17) is 0 Å². The molecule has 0 saturated carbocycles. The molecule has 2 atom stereocenters. The van der Waals surface area contributed by atoms with Crippen LogP contribution in [0.25, 0.3) is 0 Å². The first-order valence-corrected chi connectivity index (χ1v) is 8.09. The van der Waals surface area contributed by atoms with Crippen LogP contribution in [0.2, 0.25) is 0 Å². The van der Waals surface area contributed by atoms with Crippen LogP contribution in [0.5, 0.6) is 0 Å². The van der Waals surface area contributed by atoms with Crippen molar-refractivity contribution < 1.29 is 9.85 Å². The van der Waals surface area contributed by atoms with Gasteiger partial charge >= 0.3 is 16.9 Å². The summed E-state index contributed by atoms with van der Waals surface area (Å²) in [6.45, 7) is 0. The molecule has 0 aliphatic carbocycles. The second-order valence-corrected chi connectivity index (χ2v) is 6.56. The minimum Gasteiger partial charge on any atom is -0.304 e. The molecule has 2 rings (SSSR count).